The summed E-state index contributed by atoms with van der Waals surface area (Å²) in [5.41, 5.74) is 4.20. The summed E-state index contributed by atoms with van der Waals surface area (Å²) >= 11 is 0. The van der Waals surface area contributed by atoms with E-state index in [1.807, 2.05) is 29.2 Å². The van der Waals surface area contributed by atoms with Crippen LogP contribution in [-0.4, -0.2) is 59.8 Å². The van der Waals surface area contributed by atoms with Gasteiger partial charge in [0.25, 0.3) is 0 Å². The minimum Gasteiger partial charge on any atom is -0.464 e. The molecule has 0 radical (unpaired) electrons. The first-order chi connectivity index (χ1) is 18.3. The van der Waals surface area contributed by atoms with E-state index >= 15 is 0 Å². The molecule has 1 N–H and O–H groups in total. The van der Waals surface area contributed by atoms with Gasteiger partial charge in [-0.15, -0.1) is 0 Å². The quantitative estimate of drug-likeness (QED) is 0.311. The molecule has 4 aromatic rings. The van der Waals surface area contributed by atoms with Gasteiger partial charge in [-0.3, -0.25) is 19.2 Å². The third-order valence-electron chi connectivity index (χ3n) is 6.38. The zero-order valence-electron chi connectivity index (χ0n) is 20.9. The molecule has 3 aromatic carbocycles. The number of rotatable bonds is 8. The maximum atomic E-state index is 13.3. The number of hydrogen-bond acceptors (Lipinski definition) is 8. The van der Waals surface area contributed by atoms with Crippen LogP contribution in [0.5, 0.6) is 0 Å². The highest BCUT2D eigenvalue weighted by Crippen LogP contribution is 2.33. The molecule has 0 saturated heterocycles. The third kappa shape index (κ3) is 4.78. The second-order valence-electron chi connectivity index (χ2n) is 8.89. The Labute approximate surface area is 218 Å². The van der Waals surface area contributed by atoms with Crippen LogP contribution in [0, 0.1) is 0 Å². The lowest BCUT2D eigenvalue weighted by atomic mass is 9.83. The summed E-state index contributed by atoms with van der Waals surface area (Å²) in [6.45, 7) is 3.95. The van der Waals surface area contributed by atoms with Gasteiger partial charge in [-0.05, 0) is 36.4 Å². The van der Waals surface area contributed by atoms with E-state index in [1.54, 1.807) is 36.4 Å². The maximum Gasteiger partial charge on any atom is 0.302 e. The van der Waals surface area contributed by atoms with Crippen LogP contribution in [0.2, 0.25) is 0 Å². The van der Waals surface area contributed by atoms with Crippen molar-refractivity contribution in [1.82, 2.24) is 9.97 Å². The molecule has 1 aliphatic carbocycles. The zero-order valence-corrected chi connectivity index (χ0v) is 20.9. The van der Waals surface area contributed by atoms with Crippen LogP contribution >= 0.6 is 0 Å². The molecule has 9 heteroatoms. The summed E-state index contributed by atoms with van der Waals surface area (Å²) in [7, 11) is 0. The number of anilines is 1. The van der Waals surface area contributed by atoms with Gasteiger partial charge in [-0.1, -0.05) is 24.3 Å². The Kier molecular flexibility index (Phi) is 6.74. The van der Waals surface area contributed by atoms with Crippen molar-refractivity contribution in [3.8, 4) is 11.4 Å². The Hall–Kier alpha value is -4.79. The number of aromatic amines is 1. The van der Waals surface area contributed by atoms with Crippen molar-refractivity contribution < 1.29 is 28.7 Å². The monoisotopic (exact) mass is 511 g/mol. The van der Waals surface area contributed by atoms with Crippen molar-refractivity contribution in [3.05, 3.63) is 82.9 Å². The van der Waals surface area contributed by atoms with Crippen molar-refractivity contribution in [2.24, 2.45) is 0 Å². The van der Waals surface area contributed by atoms with Crippen LogP contribution in [0.1, 0.15) is 45.7 Å². The molecule has 0 unspecified atom stereocenters. The van der Waals surface area contributed by atoms with E-state index in [1.165, 1.54) is 13.8 Å². The van der Waals surface area contributed by atoms with E-state index in [0.717, 1.165) is 11.3 Å². The smallest absolute Gasteiger partial charge is 0.302 e. The Bertz CT molecular complexity index is 1550. The molecule has 0 atom stereocenters. The molecule has 0 bridgehead atoms. The Balaban J connectivity index is 1.43. The van der Waals surface area contributed by atoms with Gasteiger partial charge in [0.05, 0.1) is 24.2 Å². The topological polar surface area (TPSA) is 119 Å². The average molecular weight is 512 g/mol. The predicted molar refractivity (Wildman–Crippen MR) is 140 cm³/mol. The molecule has 0 spiro atoms. The van der Waals surface area contributed by atoms with Gasteiger partial charge < -0.3 is 19.4 Å². The van der Waals surface area contributed by atoms with E-state index in [-0.39, 0.29) is 36.7 Å². The zero-order chi connectivity index (χ0) is 26.8. The SMILES string of the molecule is CC(=O)OCCN(CCOC(C)=O)c1ccc(-c2nc3c4c(ccc3[nH]2)C(=O)c2ccccc2C4=O)cc1. The number of carbonyl (C=O) groups is 4. The normalized spacial score (nSPS) is 12.2. The number of ether oxygens (including phenoxy) is 2. The van der Waals surface area contributed by atoms with Crippen LogP contribution in [-0.2, 0) is 19.1 Å². The molecule has 192 valence electrons. The minimum absolute atomic E-state index is 0.186. The van der Waals surface area contributed by atoms with E-state index in [2.05, 4.69) is 4.98 Å². The summed E-state index contributed by atoms with van der Waals surface area (Å²) in [4.78, 5) is 58.6. The molecule has 9 nitrogen and oxygen atoms in total. The number of nitrogens with zero attached hydrogens (tertiary/aromatic N) is 2. The molecule has 0 aliphatic heterocycles. The highest BCUT2D eigenvalue weighted by Gasteiger charge is 2.32. The number of imidazole rings is 1. The summed E-state index contributed by atoms with van der Waals surface area (Å²) in [5.74, 6) is -0.573. The van der Waals surface area contributed by atoms with Crippen LogP contribution < -0.4 is 4.90 Å². The third-order valence-corrected chi connectivity index (χ3v) is 6.38. The fraction of sp³-hybridized carbons (Fsp3) is 0.207. The molecule has 1 heterocycles. The van der Waals surface area contributed by atoms with E-state index in [4.69, 9.17) is 14.5 Å². The van der Waals surface area contributed by atoms with E-state index < -0.39 is 0 Å². The number of hydrogen-bond donors (Lipinski definition) is 1. The van der Waals surface area contributed by atoms with Crippen molar-refractivity contribution in [1.29, 1.82) is 0 Å². The van der Waals surface area contributed by atoms with Crippen molar-refractivity contribution in [2.75, 3.05) is 31.2 Å². The fourth-order valence-corrected chi connectivity index (χ4v) is 4.59. The second-order valence-corrected chi connectivity index (χ2v) is 8.89. The number of carbonyl (C=O) groups excluding carboxylic acids is 4. The molecule has 1 aromatic heterocycles. The van der Waals surface area contributed by atoms with Gasteiger partial charge in [-0.2, -0.15) is 0 Å². The molecular formula is C29H25N3O6. The minimum atomic E-state index is -0.365. The lowest BCUT2D eigenvalue weighted by molar-refractivity contribution is -0.141. The highest BCUT2D eigenvalue weighted by molar-refractivity contribution is 6.31. The second kappa shape index (κ2) is 10.3. The molecule has 5 rings (SSSR count). The first kappa shape index (κ1) is 24.9. The van der Waals surface area contributed by atoms with Crippen molar-refractivity contribution in [2.45, 2.75) is 13.8 Å². The standard InChI is InChI=1S/C29H25N3O6/c1-17(33)37-15-13-32(14-16-38-18(2)34)20-9-7-19(8-10-20)29-30-24-12-11-23-25(26(24)31-29)28(36)22-6-4-3-5-21(22)27(23)35/h3-12H,13-16H2,1-2H3,(H,30,31). The first-order valence-electron chi connectivity index (χ1n) is 12.2. The van der Waals surface area contributed by atoms with Crippen molar-refractivity contribution >= 4 is 40.2 Å². The van der Waals surface area contributed by atoms with Gasteiger partial charge in [0, 0.05) is 41.8 Å². The van der Waals surface area contributed by atoms with Crippen LogP contribution in [0.15, 0.2) is 60.7 Å². The van der Waals surface area contributed by atoms with E-state index in [0.29, 0.717) is 52.2 Å². The van der Waals surface area contributed by atoms with Gasteiger partial charge in [0.1, 0.15) is 24.6 Å². The number of nitrogens with one attached hydrogen (secondary N) is 1. The largest absolute Gasteiger partial charge is 0.464 e. The van der Waals surface area contributed by atoms with Crippen LogP contribution in [0.3, 0.4) is 0 Å². The molecule has 0 fully saturated rings. The lowest BCUT2D eigenvalue weighted by Gasteiger charge is -2.24. The first-order valence-corrected chi connectivity index (χ1v) is 12.2. The maximum absolute atomic E-state index is 13.3. The highest BCUT2D eigenvalue weighted by atomic mass is 16.5. The molecule has 0 saturated carbocycles. The molecule has 1 aliphatic rings. The Morgan fingerprint density at radius 2 is 1.39 bits per heavy atom. The number of esters is 2. The number of benzene rings is 3. The summed E-state index contributed by atoms with van der Waals surface area (Å²) in [5, 5.41) is 0. The van der Waals surface area contributed by atoms with Gasteiger partial charge in [-0.25, -0.2) is 4.98 Å². The summed E-state index contributed by atoms with van der Waals surface area (Å²) < 4.78 is 10.2. The predicted octanol–water partition coefficient (Wildman–Crippen LogP) is 3.94. The van der Waals surface area contributed by atoms with Gasteiger partial charge >= 0.3 is 11.9 Å². The fourth-order valence-electron chi connectivity index (χ4n) is 4.59. The Morgan fingerprint density at radius 1 is 0.789 bits per heavy atom. The molecule has 0 amide bonds. The number of ketones is 2. The van der Waals surface area contributed by atoms with Crippen LogP contribution in [0.4, 0.5) is 5.69 Å². The average Bonchev–Trinajstić information content (AvgIpc) is 3.35. The van der Waals surface area contributed by atoms with Gasteiger partial charge in [0.15, 0.2) is 11.6 Å². The van der Waals surface area contributed by atoms with E-state index in [9.17, 15) is 19.2 Å². The molecular weight excluding hydrogens is 486 g/mol. The lowest BCUT2D eigenvalue weighted by Crippen LogP contribution is -2.31. The summed E-state index contributed by atoms with van der Waals surface area (Å²) in [6, 6.07) is 17.8. The van der Waals surface area contributed by atoms with Crippen LogP contribution in [0.25, 0.3) is 22.4 Å². The number of H-pyrrole nitrogens is 1. The number of aromatic nitrogens is 2. The van der Waals surface area contributed by atoms with Crippen molar-refractivity contribution in [3.63, 3.8) is 0 Å². The van der Waals surface area contributed by atoms with Gasteiger partial charge in [0.2, 0.25) is 0 Å². The Morgan fingerprint density at radius 3 is 2.00 bits per heavy atom. The molecule has 38 heavy (non-hydrogen) atoms. The summed E-state index contributed by atoms with van der Waals surface area (Å²) in [6.07, 6.45) is 0. The number of fused-ring (bicyclic) bond motifs is 4.